The number of nitriles is 1. The fraction of sp³-hybridized carbons (Fsp3) is 0.556. The van der Waals surface area contributed by atoms with Crippen LogP contribution in [0.1, 0.15) is 31.4 Å². The van der Waals surface area contributed by atoms with Crippen molar-refractivity contribution < 1.29 is 0 Å². The average molecular weight is 178 g/mol. The second-order valence-electron chi connectivity index (χ2n) is 3.01. The first-order valence-corrected chi connectivity index (χ1v) is 4.37. The van der Waals surface area contributed by atoms with E-state index >= 15 is 0 Å². The van der Waals surface area contributed by atoms with Gasteiger partial charge in [-0.25, -0.2) is 4.98 Å². The highest BCUT2D eigenvalue weighted by Crippen LogP contribution is 2.10. The molecule has 0 aromatic carbocycles. The lowest BCUT2D eigenvalue weighted by Crippen LogP contribution is -2.05. The zero-order valence-electron chi connectivity index (χ0n) is 7.99. The van der Waals surface area contributed by atoms with Crippen LogP contribution in [0.3, 0.4) is 0 Å². The molecule has 0 spiro atoms. The van der Waals surface area contributed by atoms with Crippen LogP contribution in [0.2, 0.25) is 0 Å². The van der Waals surface area contributed by atoms with Crippen LogP contribution in [0.15, 0.2) is 6.20 Å². The van der Waals surface area contributed by atoms with Crippen molar-refractivity contribution in [1.29, 1.82) is 5.26 Å². The van der Waals surface area contributed by atoms with E-state index in [0.29, 0.717) is 6.54 Å². The summed E-state index contributed by atoms with van der Waals surface area (Å²) in [4.78, 5) is 4.33. The van der Waals surface area contributed by atoms with Crippen LogP contribution >= 0.6 is 0 Å². The minimum atomic E-state index is -0.0646. The van der Waals surface area contributed by atoms with Gasteiger partial charge in [0.1, 0.15) is 12.4 Å². The van der Waals surface area contributed by atoms with Crippen molar-refractivity contribution >= 4 is 0 Å². The van der Waals surface area contributed by atoms with E-state index in [0.717, 1.165) is 17.9 Å². The van der Waals surface area contributed by atoms with Crippen molar-refractivity contribution in [3.05, 3.63) is 17.7 Å². The topological polar surface area (TPSA) is 67.6 Å². The minimum Gasteiger partial charge on any atom is -0.323 e. The molecular formula is C9H14N4. The second kappa shape index (κ2) is 4.06. The molecule has 70 valence electrons. The summed E-state index contributed by atoms with van der Waals surface area (Å²) in [5.74, 6) is 0.925. The van der Waals surface area contributed by atoms with E-state index in [-0.39, 0.29) is 6.04 Å². The van der Waals surface area contributed by atoms with Gasteiger partial charge in [-0.2, -0.15) is 5.26 Å². The molecule has 2 N–H and O–H groups in total. The number of hydrogen-bond donors (Lipinski definition) is 1. The maximum absolute atomic E-state index is 8.56. The van der Waals surface area contributed by atoms with E-state index in [1.165, 1.54) is 0 Å². The predicted octanol–water partition coefficient (Wildman–Crippen LogP) is 0.989. The van der Waals surface area contributed by atoms with Crippen molar-refractivity contribution in [2.75, 3.05) is 0 Å². The van der Waals surface area contributed by atoms with Gasteiger partial charge in [-0.05, 0) is 6.92 Å². The van der Waals surface area contributed by atoms with Gasteiger partial charge in [-0.1, -0.05) is 6.92 Å². The third kappa shape index (κ3) is 2.07. The predicted molar refractivity (Wildman–Crippen MR) is 49.8 cm³/mol. The Balaban J connectivity index is 2.98. The van der Waals surface area contributed by atoms with Gasteiger partial charge in [0.2, 0.25) is 0 Å². The molecule has 13 heavy (non-hydrogen) atoms. The molecule has 1 rings (SSSR count). The Morgan fingerprint density at radius 2 is 2.46 bits per heavy atom. The second-order valence-corrected chi connectivity index (χ2v) is 3.01. The Morgan fingerprint density at radius 1 is 1.77 bits per heavy atom. The van der Waals surface area contributed by atoms with E-state index in [1.54, 1.807) is 0 Å². The molecule has 0 amide bonds. The first-order chi connectivity index (χ1) is 6.19. The van der Waals surface area contributed by atoms with Gasteiger partial charge in [-0.3, -0.25) is 0 Å². The molecule has 0 bridgehead atoms. The maximum atomic E-state index is 8.56. The molecule has 0 aliphatic carbocycles. The number of imidazole rings is 1. The molecule has 0 aliphatic heterocycles. The van der Waals surface area contributed by atoms with Crippen molar-refractivity contribution in [2.24, 2.45) is 5.73 Å². The highest BCUT2D eigenvalue weighted by atomic mass is 15.1. The third-order valence-electron chi connectivity index (χ3n) is 1.90. The van der Waals surface area contributed by atoms with Crippen molar-refractivity contribution in [2.45, 2.75) is 32.9 Å². The molecule has 4 nitrogen and oxygen atoms in total. The summed E-state index contributed by atoms with van der Waals surface area (Å²) in [5, 5.41) is 8.56. The first kappa shape index (κ1) is 9.75. The molecule has 1 unspecified atom stereocenters. The first-order valence-electron chi connectivity index (χ1n) is 4.37. The van der Waals surface area contributed by atoms with E-state index in [4.69, 9.17) is 11.0 Å². The fourth-order valence-corrected chi connectivity index (χ4v) is 1.19. The summed E-state index contributed by atoms with van der Waals surface area (Å²) >= 11 is 0. The summed E-state index contributed by atoms with van der Waals surface area (Å²) in [6, 6.07) is 2.03. The molecular weight excluding hydrogens is 164 g/mol. The van der Waals surface area contributed by atoms with E-state index in [9.17, 15) is 0 Å². The molecule has 0 fully saturated rings. The zero-order chi connectivity index (χ0) is 9.84. The summed E-state index contributed by atoms with van der Waals surface area (Å²) in [7, 11) is 0. The minimum absolute atomic E-state index is 0.0646. The van der Waals surface area contributed by atoms with Gasteiger partial charge in [0, 0.05) is 18.7 Å². The monoisotopic (exact) mass is 178 g/mol. The Kier molecular flexibility index (Phi) is 3.04. The van der Waals surface area contributed by atoms with E-state index in [1.807, 2.05) is 24.6 Å². The average Bonchev–Trinajstić information content (AvgIpc) is 2.48. The Hall–Kier alpha value is -1.34. The quantitative estimate of drug-likeness (QED) is 0.750. The molecule has 0 saturated carbocycles. The molecule has 1 atom stereocenters. The Morgan fingerprint density at radius 3 is 2.92 bits per heavy atom. The lowest BCUT2D eigenvalue weighted by atomic mass is 10.3. The number of aryl methyl sites for hydroxylation is 1. The number of aromatic nitrogens is 2. The number of hydrogen-bond acceptors (Lipinski definition) is 3. The fourth-order valence-electron chi connectivity index (χ4n) is 1.19. The van der Waals surface area contributed by atoms with Gasteiger partial charge in [-0.15, -0.1) is 0 Å². The molecule has 0 radical (unpaired) electrons. The van der Waals surface area contributed by atoms with Crippen LogP contribution < -0.4 is 5.73 Å². The molecule has 4 heteroatoms. The number of nitrogens with zero attached hydrogens (tertiary/aromatic N) is 3. The van der Waals surface area contributed by atoms with Crippen LogP contribution in [0.5, 0.6) is 0 Å². The Bertz CT molecular complexity index is 319. The molecule has 1 aromatic heterocycles. The van der Waals surface area contributed by atoms with Gasteiger partial charge < -0.3 is 10.3 Å². The van der Waals surface area contributed by atoms with E-state index in [2.05, 4.69) is 11.1 Å². The lowest BCUT2D eigenvalue weighted by Gasteiger charge is -1.97. The smallest absolute Gasteiger partial charge is 0.111 e. The number of rotatable bonds is 3. The van der Waals surface area contributed by atoms with Gasteiger partial charge in [0.15, 0.2) is 0 Å². The van der Waals surface area contributed by atoms with Crippen molar-refractivity contribution in [3.63, 3.8) is 0 Å². The van der Waals surface area contributed by atoms with Crippen LogP contribution in [0, 0.1) is 11.3 Å². The van der Waals surface area contributed by atoms with Gasteiger partial charge in [0.25, 0.3) is 0 Å². The zero-order valence-corrected chi connectivity index (χ0v) is 7.99. The van der Waals surface area contributed by atoms with Crippen molar-refractivity contribution in [1.82, 2.24) is 9.55 Å². The summed E-state index contributed by atoms with van der Waals surface area (Å²) in [5.41, 5.74) is 6.54. The van der Waals surface area contributed by atoms with Gasteiger partial charge >= 0.3 is 0 Å². The maximum Gasteiger partial charge on any atom is 0.111 e. The van der Waals surface area contributed by atoms with Crippen LogP contribution in [0.25, 0.3) is 0 Å². The standard InChI is InChI=1S/C9H14N4/c1-3-9-12-8(7(2)11)6-13(9)5-4-10/h6-7H,3,5,11H2,1-2H3. The summed E-state index contributed by atoms with van der Waals surface area (Å²) in [6.07, 6.45) is 2.68. The Labute approximate surface area is 78.0 Å². The molecule has 0 saturated heterocycles. The van der Waals surface area contributed by atoms with E-state index < -0.39 is 0 Å². The van der Waals surface area contributed by atoms with Crippen LogP contribution in [-0.4, -0.2) is 9.55 Å². The van der Waals surface area contributed by atoms with Crippen LogP contribution in [0.4, 0.5) is 0 Å². The number of nitrogens with two attached hydrogens (primary N) is 1. The summed E-state index contributed by atoms with van der Waals surface area (Å²) in [6.45, 7) is 4.25. The normalized spacial score (nSPS) is 12.5. The highest BCUT2D eigenvalue weighted by Gasteiger charge is 2.08. The van der Waals surface area contributed by atoms with Crippen LogP contribution in [-0.2, 0) is 13.0 Å². The lowest BCUT2D eigenvalue weighted by molar-refractivity contribution is 0.755. The van der Waals surface area contributed by atoms with Crippen molar-refractivity contribution in [3.8, 4) is 6.07 Å². The van der Waals surface area contributed by atoms with Gasteiger partial charge in [0.05, 0.1) is 11.8 Å². The molecule has 0 aliphatic rings. The largest absolute Gasteiger partial charge is 0.323 e. The third-order valence-corrected chi connectivity index (χ3v) is 1.90. The molecule has 1 aromatic rings. The SMILES string of the molecule is CCc1nc(C(C)N)cn1CC#N. The highest BCUT2D eigenvalue weighted by molar-refractivity contribution is 5.08. The molecule has 1 heterocycles. The summed E-state index contributed by atoms with van der Waals surface area (Å²) < 4.78 is 1.85.